The zero-order valence-electron chi connectivity index (χ0n) is 19.0. The highest BCUT2D eigenvalue weighted by Crippen LogP contribution is 2.28. The molecular weight excluding hydrogens is 451 g/mol. The van der Waals surface area contributed by atoms with E-state index in [1.807, 2.05) is 42.7 Å². The quantitative estimate of drug-likeness (QED) is 0.249. The molecule has 0 spiro atoms. The molecule has 0 fully saturated rings. The lowest BCUT2D eigenvalue weighted by Crippen LogP contribution is -2.16. The molecule has 0 atom stereocenters. The number of aromatic nitrogens is 3. The van der Waals surface area contributed by atoms with Crippen molar-refractivity contribution in [3.05, 3.63) is 90.0 Å². The molecule has 0 saturated heterocycles. The number of fused-ring (bicyclic) bond motifs is 1. The van der Waals surface area contributed by atoms with Crippen LogP contribution in [0.25, 0.3) is 10.8 Å². The highest BCUT2D eigenvalue weighted by Gasteiger charge is 2.15. The van der Waals surface area contributed by atoms with Crippen LogP contribution in [0, 0.1) is 19.7 Å². The summed E-state index contributed by atoms with van der Waals surface area (Å²) < 4.78 is 21.4. The third kappa shape index (κ3) is 5.28. The van der Waals surface area contributed by atoms with Crippen LogP contribution in [0.5, 0.6) is 5.75 Å². The fourth-order valence-electron chi connectivity index (χ4n) is 3.60. The number of hydrogen-bond acceptors (Lipinski definition) is 5. The Hall–Kier alpha value is -3.65. The second-order valence-electron chi connectivity index (χ2n) is 7.79. The third-order valence-corrected chi connectivity index (χ3v) is 6.38. The number of rotatable bonds is 9. The van der Waals surface area contributed by atoms with Crippen LogP contribution in [0.2, 0.25) is 0 Å². The molecule has 4 rings (SSSR count). The van der Waals surface area contributed by atoms with Crippen molar-refractivity contribution in [3.63, 3.8) is 0 Å². The van der Waals surface area contributed by atoms with Gasteiger partial charge in [-0.25, -0.2) is 4.39 Å². The lowest BCUT2D eigenvalue weighted by Gasteiger charge is -2.12. The Labute approximate surface area is 201 Å². The number of carbonyl (C=O) groups is 1. The average Bonchev–Trinajstić information content (AvgIpc) is 3.21. The fourth-order valence-corrected chi connectivity index (χ4v) is 4.36. The summed E-state index contributed by atoms with van der Waals surface area (Å²) in [7, 11) is 0. The number of hydrogen-bond donors (Lipinski definition) is 1. The molecule has 0 aliphatic rings. The minimum absolute atomic E-state index is 0.107. The van der Waals surface area contributed by atoms with E-state index in [1.165, 1.54) is 23.9 Å². The van der Waals surface area contributed by atoms with Crippen LogP contribution in [0.3, 0.4) is 0 Å². The Balaban J connectivity index is 1.43. The standard InChI is InChI=1S/C26H25FN4O2S/c1-4-13-31-24(15-33-23-12-10-19-7-5-6-8-21(19)18(23)3)29-30-26(31)34-16-25(32)28-22-14-20(27)11-9-17(22)2/h4-12,14H,1,13,15-16H2,2-3H3,(H,28,32). The molecule has 3 aromatic carbocycles. The van der Waals surface area contributed by atoms with Crippen LogP contribution in [0.4, 0.5) is 10.1 Å². The number of anilines is 1. The van der Waals surface area contributed by atoms with Crippen molar-refractivity contribution in [2.45, 2.75) is 32.2 Å². The van der Waals surface area contributed by atoms with Crippen LogP contribution in [0.1, 0.15) is 17.0 Å². The van der Waals surface area contributed by atoms with Gasteiger partial charge in [-0.3, -0.25) is 9.36 Å². The molecule has 0 radical (unpaired) electrons. The molecule has 0 aliphatic carbocycles. The summed E-state index contributed by atoms with van der Waals surface area (Å²) in [6, 6.07) is 16.5. The van der Waals surface area contributed by atoms with Crippen molar-refractivity contribution in [3.8, 4) is 5.75 Å². The number of allylic oxidation sites excluding steroid dienone is 1. The van der Waals surface area contributed by atoms with E-state index in [0.29, 0.717) is 23.2 Å². The summed E-state index contributed by atoms with van der Waals surface area (Å²) in [6.45, 7) is 8.37. The maximum atomic E-state index is 13.5. The summed E-state index contributed by atoms with van der Waals surface area (Å²) in [5, 5.41) is 14.1. The smallest absolute Gasteiger partial charge is 0.234 e. The number of amides is 1. The van der Waals surface area contributed by atoms with Gasteiger partial charge in [0.2, 0.25) is 5.91 Å². The zero-order valence-corrected chi connectivity index (χ0v) is 19.9. The highest BCUT2D eigenvalue weighted by molar-refractivity contribution is 7.99. The van der Waals surface area contributed by atoms with Crippen molar-refractivity contribution < 1.29 is 13.9 Å². The summed E-state index contributed by atoms with van der Waals surface area (Å²) in [5.41, 5.74) is 2.31. The maximum Gasteiger partial charge on any atom is 0.234 e. The molecule has 1 amide bonds. The van der Waals surface area contributed by atoms with Crippen LogP contribution >= 0.6 is 11.8 Å². The van der Waals surface area contributed by atoms with E-state index in [2.05, 4.69) is 34.2 Å². The zero-order chi connectivity index (χ0) is 24.1. The highest BCUT2D eigenvalue weighted by atomic mass is 32.2. The first-order valence-corrected chi connectivity index (χ1v) is 11.8. The lowest BCUT2D eigenvalue weighted by atomic mass is 10.0. The number of nitrogens with one attached hydrogen (secondary N) is 1. The van der Waals surface area contributed by atoms with Crippen molar-refractivity contribution in [2.75, 3.05) is 11.1 Å². The summed E-state index contributed by atoms with van der Waals surface area (Å²) in [6.07, 6.45) is 1.74. The molecule has 0 saturated carbocycles. The van der Waals surface area contributed by atoms with Crippen LogP contribution in [0.15, 0.2) is 72.4 Å². The number of ether oxygens (including phenoxy) is 1. The second-order valence-corrected chi connectivity index (χ2v) is 8.74. The van der Waals surface area contributed by atoms with Gasteiger partial charge in [0.1, 0.15) is 18.2 Å². The first kappa shape index (κ1) is 23.5. The van der Waals surface area contributed by atoms with E-state index in [9.17, 15) is 9.18 Å². The molecule has 174 valence electrons. The molecule has 4 aromatic rings. The topological polar surface area (TPSA) is 69.0 Å². The van der Waals surface area contributed by atoms with E-state index in [-0.39, 0.29) is 18.3 Å². The Morgan fingerprint density at radius 2 is 2.00 bits per heavy atom. The lowest BCUT2D eigenvalue weighted by molar-refractivity contribution is -0.113. The number of aryl methyl sites for hydroxylation is 2. The molecular formula is C26H25FN4O2S. The van der Waals surface area contributed by atoms with Crippen molar-refractivity contribution in [1.82, 2.24) is 14.8 Å². The van der Waals surface area contributed by atoms with Gasteiger partial charge < -0.3 is 10.1 Å². The van der Waals surface area contributed by atoms with E-state index < -0.39 is 5.82 Å². The molecule has 1 heterocycles. The fraction of sp³-hybridized carbons (Fsp3) is 0.192. The summed E-state index contributed by atoms with van der Waals surface area (Å²) in [5.74, 6) is 0.875. The summed E-state index contributed by atoms with van der Waals surface area (Å²) in [4.78, 5) is 12.4. The van der Waals surface area contributed by atoms with Gasteiger partial charge in [0.05, 0.1) is 5.75 Å². The molecule has 34 heavy (non-hydrogen) atoms. The van der Waals surface area contributed by atoms with Crippen LogP contribution in [-0.2, 0) is 17.9 Å². The van der Waals surface area contributed by atoms with E-state index in [1.54, 1.807) is 12.1 Å². The van der Waals surface area contributed by atoms with Gasteiger partial charge in [-0.05, 0) is 53.9 Å². The summed E-state index contributed by atoms with van der Waals surface area (Å²) >= 11 is 1.25. The molecule has 1 aromatic heterocycles. The minimum Gasteiger partial charge on any atom is -0.485 e. The molecule has 1 N–H and O–H groups in total. The number of carbonyl (C=O) groups excluding carboxylic acids is 1. The van der Waals surface area contributed by atoms with Crippen LogP contribution < -0.4 is 10.1 Å². The van der Waals surface area contributed by atoms with E-state index in [4.69, 9.17) is 4.74 Å². The normalized spacial score (nSPS) is 10.9. The first-order chi connectivity index (χ1) is 16.5. The van der Waals surface area contributed by atoms with Crippen molar-refractivity contribution >= 4 is 34.1 Å². The Morgan fingerprint density at radius 1 is 1.18 bits per heavy atom. The molecule has 0 aliphatic heterocycles. The van der Waals surface area contributed by atoms with Gasteiger partial charge in [-0.15, -0.1) is 16.8 Å². The van der Waals surface area contributed by atoms with Gasteiger partial charge in [0.15, 0.2) is 11.0 Å². The van der Waals surface area contributed by atoms with Crippen molar-refractivity contribution in [1.29, 1.82) is 0 Å². The molecule has 0 unspecified atom stereocenters. The number of thioether (sulfide) groups is 1. The predicted molar refractivity (Wildman–Crippen MR) is 134 cm³/mol. The monoisotopic (exact) mass is 476 g/mol. The van der Waals surface area contributed by atoms with Gasteiger partial charge in [-0.2, -0.15) is 0 Å². The predicted octanol–water partition coefficient (Wildman–Crippen LogP) is 5.68. The Bertz CT molecular complexity index is 1350. The van der Waals surface area contributed by atoms with Gasteiger partial charge >= 0.3 is 0 Å². The number of nitrogens with zero attached hydrogens (tertiary/aromatic N) is 3. The maximum absolute atomic E-state index is 13.5. The second kappa shape index (κ2) is 10.5. The van der Waals surface area contributed by atoms with E-state index >= 15 is 0 Å². The van der Waals surface area contributed by atoms with Crippen molar-refractivity contribution in [2.24, 2.45) is 0 Å². The average molecular weight is 477 g/mol. The number of halogens is 1. The minimum atomic E-state index is -0.398. The SMILES string of the molecule is C=CCn1c(COc2ccc3ccccc3c2C)nnc1SCC(=O)Nc1cc(F)ccc1C. The van der Waals surface area contributed by atoms with Gasteiger partial charge in [0.25, 0.3) is 0 Å². The van der Waals surface area contributed by atoms with Crippen LogP contribution in [-0.4, -0.2) is 26.4 Å². The van der Waals surface area contributed by atoms with Gasteiger partial charge in [-0.1, -0.05) is 54.2 Å². The Morgan fingerprint density at radius 3 is 2.82 bits per heavy atom. The Kier molecular flexibility index (Phi) is 7.27. The largest absolute Gasteiger partial charge is 0.485 e. The molecule has 6 nitrogen and oxygen atoms in total. The first-order valence-electron chi connectivity index (χ1n) is 10.8. The third-order valence-electron chi connectivity index (χ3n) is 5.42. The van der Waals surface area contributed by atoms with E-state index in [0.717, 1.165) is 27.6 Å². The molecule has 0 bridgehead atoms. The number of benzene rings is 3. The molecule has 8 heteroatoms. The van der Waals surface area contributed by atoms with Gasteiger partial charge in [0, 0.05) is 12.2 Å².